The molecule has 1 aliphatic carbocycles. The summed E-state index contributed by atoms with van der Waals surface area (Å²) in [5, 5.41) is 0. The first kappa shape index (κ1) is 15.4. The number of hydrogen-bond acceptors (Lipinski definition) is 3. The van der Waals surface area contributed by atoms with E-state index in [0.717, 1.165) is 0 Å². The molecule has 0 aromatic carbocycles. The minimum atomic E-state index is -0.369. The summed E-state index contributed by atoms with van der Waals surface area (Å²) in [4.78, 5) is 24.1. The molecule has 1 aromatic heterocycles. The fourth-order valence-corrected chi connectivity index (χ4v) is 2.73. The van der Waals surface area contributed by atoms with Crippen LogP contribution in [0.2, 0.25) is 0 Å². The molecule has 2 atom stereocenters. The molecule has 0 bridgehead atoms. The second kappa shape index (κ2) is 5.39. The van der Waals surface area contributed by atoms with E-state index in [4.69, 9.17) is 4.42 Å². The van der Waals surface area contributed by atoms with E-state index >= 15 is 0 Å². The summed E-state index contributed by atoms with van der Waals surface area (Å²) in [6, 6.07) is 1.57. The van der Waals surface area contributed by atoms with Crippen LogP contribution in [-0.4, -0.2) is 11.8 Å². The Hall–Kier alpha value is -2.04. The van der Waals surface area contributed by atoms with Crippen LogP contribution in [0.3, 0.4) is 0 Å². The predicted molar refractivity (Wildman–Crippen MR) is 79.2 cm³/mol. The zero-order chi connectivity index (χ0) is 15.8. The number of carbonyl (C=O) groups is 2. The van der Waals surface area contributed by atoms with Crippen molar-refractivity contribution in [2.75, 3.05) is 0 Å². The largest absolute Gasteiger partial charge is 0.469 e. The minimum absolute atomic E-state index is 0.0718. The van der Waals surface area contributed by atoms with E-state index in [1.165, 1.54) is 11.8 Å². The van der Waals surface area contributed by atoms with Crippen molar-refractivity contribution in [3.63, 3.8) is 0 Å². The summed E-state index contributed by atoms with van der Waals surface area (Å²) in [5.41, 5.74) is 6.50. The molecule has 0 saturated heterocycles. The maximum absolute atomic E-state index is 12.2. The molecule has 21 heavy (non-hydrogen) atoms. The van der Waals surface area contributed by atoms with E-state index in [2.05, 4.69) is 30.8 Å². The number of hydrogen-bond donors (Lipinski definition) is 2. The van der Waals surface area contributed by atoms with Crippen LogP contribution in [0.5, 0.6) is 0 Å². The maximum atomic E-state index is 12.2. The zero-order valence-corrected chi connectivity index (χ0v) is 13.1. The quantitative estimate of drug-likeness (QED) is 0.664. The van der Waals surface area contributed by atoms with Gasteiger partial charge in [0, 0.05) is 0 Å². The highest BCUT2D eigenvalue weighted by Crippen LogP contribution is 2.59. The van der Waals surface area contributed by atoms with E-state index in [0.29, 0.717) is 11.3 Å². The van der Waals surface area contributed by atoms with Gasteiger partial charge in [0.25, 0.3) is 5.91 Å². The Bertz CT molecular complexity index is 594. The molecule has 1 fully saturated rings. The van der Waals surface area contributed by atoms with Gasteiger partial charge in [0.1, 0.15) is 5.76 Å². The molecule has 2 amide bonds. The van der Waals surface area contributed by atoms with Gasteiger partial charge < -0.3 is 4.42 Å². The van der Waals surface area contributed by atoms with Crippen molar-refractivity contribution < 1.29 is 14.0 Å². The Morgan fingerprint density at radius 2 is 1.95 bits per heavy atom. The minimum Gasteiger partial charge on any atom is -0.469 e. The van der Waals surface area contributed by atoms with Gasteiger partial charge in [-0.05, 0) is 38.2 Å². The van der Waals surface area contributed by atoms with Crippen LogP contribution in [-0.2, 0) is 4.79 Å². The molecule has 0 aliphatic heterocycles. The van der Waals surface area contributed by atoms with Gasteiger partial charge in [-0.3, -0.25) is 20.4 Å². The third kappa shape index (κ3) is 3.01. The highest BCUT2D eigenvalue weighted by molar-refractivity contribution is 5.96. The third-order valence-electron chi connectivity index (χ3n) is 4.11. The van der Waals surface area contributed by atoms with E-state index in [9.17, 15) is 9.59 Å². The van der Waals surface area contributed by atoms with E-state index < -0.39 is 0 Å². The average molecular weight is 290 g/mol. The number of amides is 2. The maximum Gasteiger partial charge on any atom is 0.273 e. The molecular weight excluding hydrogens is 268 g/mol. The van der Waals surface area contributed by atoms with Crippen LogP contribution in [0, 0.1) is 24.2 Å². The Balaban J connectivity index is 1.93. The third-order valence-corrected chi connectivity index (χ3v) is 4.11. The molecule has 1 aromatic rings. The Kier molecular flexibility index (Phi) is 3.94. The van der Waals surface area contributed by atoms with Gasteiger partial charge in [-0.25, -0.2) is 0 Å². The van der Waals surface area contributed by atoms with Crippen molar-refractivity contribution in [3.05, 3.63) is 35.3 Å². The summed E-state index contributed by atoms with van der Waals surface area (Å²) in [6.07, 6.45) is 3.56. The normalized spacial score (nSPS) is 22.3. The highest BCUT2D eigenvalue weighted by Gasteiger charge is 2.60. The van der Waals surface area contributed by atoms with Gasteiger partial charge in [-0.2, -0.15) is 0 Å². The lowest BCUT2D eigenvalue weighted by Crippen LogP contribution is -2.43. The molecule has 5 nitrogen and oxygen atoms in total. The number of nitrogens with one attached hydrogen (secondary N) is 2. The number of allylic oxidation sites excluding steroid dienone is 2. The van der Waals surface area contributed by atoms with Crippen LogP contribution < -0.4 is 10.9 Å². The molecule has 114 valence electrons. The lowest BCUT2D eigenvalue weighted by atomic mass is 10.1. The van der Waals surface area contributed by atoms with Crippen LogP contribution in [0.4, 0.5) is 0 Å². The van der Waals surface area contributed by atoms with Gasteiger partial charge in [0.15, 0.2) is 0 Å². The topological polar surface area (TPSA) is 71.3 Å². The number of aryl methyl sites for hydroxylation is 1. The second-order valence-electron chi connectivity index (χ2n) is 6.40. The number of carbonyl (C=O) groups excluding carboxylic acids is 2. The molecule has 1 heterocycles. The van der Waals surface area contributed by atoms with Gasteiger partial charge in [0.05, 0.1) is 17.7 Å². The van der Waals surface area contributed by atoms with Gasteiger partial charge >= 0.3 is 0 Å². The van der Waals surface area contributed by atoms with Crippen molar-refractivity contribution >= 4 is 11.8 Å². The van der Waals surface area contributed by atoms with Gasteiger partial charge in [0.2, 0.25) is 5.91 Å². The fourth-order valence-electron chi connectivity index (χ4n) is 2.73. The monoisotopic (exact) mass is 290 g/mol. The van der Waals surface area contributed by atoms with Crippen LogP contribution in [0.15, 0.2) is 28.4 Å². The summed E-state index contributed by atoms with van der Waals surface area (Å²) < 4.78 is 5.06. The first-order valence-corrected chi connectivity index (χ1v) is 7.04. The first-order valence-electron chi connectivity index (χ1n) is 7.04. The molecular formula is C16H22N2O3. The summed E-state index contributed by atoms with van der Waals surface area (Å²) >= 11 is 0. The Morgan fingerprint density at radius 1 is 1.29 bits per heavy atom. The number of hydrazine groups is 1. The van der Waals surface area contributed by atoms with Crippen molar-refractivity contribution in [3.8, 4) is 0 Å². The van der Waals surface area contributed by atoms with Crippen molar-refractivity contribution in [2.24, 2.45) is 17.3 Å². The summed E-state index contributed by atoms with van der Waals surface area (Å²) in [5.74, 6) is 0.105. The Labute approximate surface area is 124 Å². The smallest absolute Gasteiger partial charge is 0.273 e. The van der Waals surface area contributed by atoms with E-state index in [1.54, 1.807) is 13.0 Å². The lowest BCUT2D eigenvalue weighted by molar-refractivity contribution is -0.123. The molecule has 1 saturated carbocycles. The molecule has 1 aliphatic rings. The predicted octanol–water partition coefficient (Wildman–Crippen LogP) is 2.59. The highest BCUT2D eigenvalue weighted by atomic mass is 16.3. The number of furan rings is 1. The molecule has 0 spiro atoms. The van der Waals surface area contributed by atoms with E-state index in [1.807, 2.05) is 13.8 Å². The second-order valence-corrected chi connectivity index (χ2v) is 6.40. The zero-order valence-electron chi connectivity index (χ0n) is 13.1. The summed E-state index contributed by atoms with van der Waals surface area (Å²) in [7, 11) is 0. The molecule has 2 rings (SSSR count). The lowest BCUT2D eigenvalue weighted by Gasteiger charge is -2.07. The molecule has 2 N–H and O–H groups in total. The molecule has 0 radical (unpaired) electrons. The Morgan fingerprint density at radius 3 is 2.48 bits per heavy atom. The summed E-state index contributed by atoms with van der Waals surface area (Å²) in [6.45, 7) is 9.86. The van der Waals surface area contributed by atoms with Crippen LogP contribution in [0.1, 0.15) is 43.8 Å². The van der Waals surface area contributed by atoms with Gasteiger partial charge in [-0.1, -0.05) is 25.5 Å². The van der Waals surface area contributed by atoms with Crippen molar-refractivity contribution in [1.29, 1.82) is 0 Å². The van der Waals surface area contributed by atoms with Crippen LogP contribution >= 0.6 is 0 Å². The van der Waals surface area contributed by atoms with Crippen molar-refractivity contribution in [1.82, 2.24) is 10.9 Å². The molecule has 0 unspecified atom stereocenters. The van der Waals surface area contributed by atoms with Crippen LogP contribution in [0.25, 0.3) is 0 Å². The fraction of sp³-hybridized carbons (Fsp3) is 0.500. The van der Waals surface area contributed by atoms with Crippen molar-refractivity contribution in [2.45, 2.75) is 34.6 Å². The number of rotatable bonds is 3. The SMILES string of the molecule is CC(C)=C[C@@H]1[C@H](C(=O)NNC(=O)c2ccoc2C)C1(C)C. The first-order chi connectivity index (χ1) is 9.75. The average Bonchev–Trinajstić information content (AvgIpc) is 2.72. The molecule has 5 heteroatoms. The standard InChI is InChI=1S/C16H22N2O3/c1-9(2)8-12-13(16(12,4)5)15(20)18-17-14(19)11-6-7-21-10(11)3/h6-8,12-13H,1-5H3,(H,17,19)(H,18,20)/t12-,13-/m1/s1. The van der Waals surface area contributed by atoms with Gasteiger partial charge in [-0.15, -0.1) is 0 Å². The van der Waals surface area contributed by atoms with E-state index in [-0.39, 0.29) is 29.1 Å².